The molecule has 0 saturated heterocycles. The van der Waals surface area contributed by atoms with Gasteiger partial charge in [0.25, 0.3) is 0 Å². The molecule has 3 nitrogen and oxygen atoms in total. The summed E-state index contributed by atoms with van der Waals surface area (Å²) in [4.78, 5) is 17.1. The molecule has 0 aliphatic heterocycles. The van der Waals surface area contributed by atoms with Crippen molar-refractivity contribution in [1.82, 2.24) is 4.98 Å². The topological polar surface area (TPSA) is 33.2 Å². The Morgan fingerprint density at radius 3 is 2.93 bits per heavy atom. The van der Waals surface area contributed by atoms with Gasteiger partial charge < -0.3 is 4.90 Å². The Labute approximate surface area is 96.5 Å². The summed E-state index contributed by atoms with van der Waals surface area (Å²) in [6.45, 7) is 0.906. The van der Waals surface area contributed by atoms with E-state index >= 15 is 0 Å². The van der Waals surface area contributed by atoms with Crippen LogP contribution in [0.5, 0.6) is 0 Å². The molecule has 0 bridgehead atoms. The molecule has 1 aromatic heterocycles. The van der Waals surface area contributed by atoms with E-state index < -0.39 is 0 Å². The van der Waals surface area contributed by atoms with Crippen LogP contribution in [-0.2, 0) is 0 Å². The quantitative estimate of drug-likeness (QED) is 0.752. The Balaban J connectivity index is 2.70. The predicted molar refractivity (Wildman–Crippen MR) is 64.2 cm³/mol. The SMILES string of the molecule is CSCCN(C)c1nc(Cl)c(C=O)s1. The van der Waals surface area contributed by atoms with Crippen LogP contribution >= 0.6 is 34.7 Å². The van der Waals surface area contributed by atoms with E-state index in [1.165, 1.54) is 11.3 Å². The summed E-state index contributed by atoms with van der Waals surface area (Å²) in [7, 11) is 1.94. The van der Waals surface area contributed by atoms with E-state index in [1.54, 1.807) is 11.8 Å². The third-order valence-corrected chi connectivity index (χ3v) is 3.75. The van der Waals surface area contributed by atoms with E-state index in [4.69, 9.17) is 11.6 Å². The third kappa shape index (κ3) is 2.87. The van der Waals surface area contributed by atoms with Gasteiger partial charge in [0.05, 0.1) is 0 Å². The van der Waals surface area contributed by atoms with Gasteiger partial charge in [-0.05, 0) is 6.26 Å². The fraction of sp³-hybridized carbons (Fsp3) is 0.500. The first kappa shape index (κ1) is 11.8. The minimum atomic E-state index is 0.302. The lowest BCUT2D eigenvalue weighted by molar-refractivity contribution is 0.112. The normalized spacial score (nSPS) is 10.2. The number of halogens is 1. The summed E-state index contributed by atoms with van der Waals surface area (Å²) < 4.78 is 0. The third-order valence-electron chi connectivity index (χ3n) is 1.66. The molecule has 6 heteroatoms. The lowest BCUT2D eigenvalue weighted by atomic mass is 10.6. The minimum Gasteiger partial charge on any atom is -0.350 e. The Morgan fingerprint density at radius 2 is 2.43 bits per heavy atom. The van der Waals surface area contributed by atoms with E-state index in [0.29, 0.717) is 10.0 Å². The molecule has 0 amide bonds. The maximum Gasteiger partial charge on any atom is 0.187 e. The van der Waals surface area contributed by atoms with Crippen molar-refractivity contribution < 1.29 is 4.79 Å². The zero-order valence-corrected chi connectivity index (χ0v) is 10.4. The van der Waals surface area contributed by atoms with Gasteiger partial charge in [-0.25, -0.2) is 4.98 Å². The number of anilines is 1. The summed E-state index contributed by atoms with van der Waals surface area (Å²) in [5.74, 6) is 1.03. The van der Waals surface area contributed by atoms with Gasteiger partial charge in [-0.15, -0.1) is 0 Å². The highest BCUT2D eigenvalue weighted by molar-refractivity contribution is 7.98. The van der Waals surface area contributed by atoms with Crippen molar-refractivity contribution in [3.8, 4) is 0 Å². The summed E-state index contributed by atoms with van der Waals surface area (Å²) in [5.41, 5.74) is 0. The van der Waals surface area contributed by atoms with Gasteiger partial charge in [-0.2, -0.15) is 11.8 Å². The first-order valence-corrected chi connectivity index (χ1v) is 6.59. The van der Waals surface area contributed by atoms with Crippen LogP contribution in [0.4, 0.5) is 5.13 Å². The molecule has 1 heterocycles. The Kier molecular flexibility index (Phi) is 4.71. The molecule has 0 saturated carbocycles. The number of aldehydes is 1. The molecule has 1 aromatic rings. The second-order valence-corrected chi connectivity index (χ2v) is 5.04. The Hall–Kier alpha value is -0.260. The largest absolute Gasteiger partial charge is 0.350 e. The van der Waals surface area contributed by atoms with Crippen LogP contribution in [0.3, 0.4) is 0 Å². The molecular weight excluding hydrogens is 240 g/mol. The van der Waals surface area contributed by atoms with Gasteiger partial charge in [0.1, 0.15) is 4.88 Å². The molecule has 0 N–H and O–H groups in total. The predicted octanol–water partition coefficient (Wildman–Crippen LogP) is 2.41. The number of aromatic nitrogens is 1. The van der Waals surface area contributed by atoms with Gasteiger partial charge in [0, 0.05) is 19.3 Å². The van der Waals surface area contributed by atoms with Crippen molar-refractivity contribution in [2.24, 2.45) is 0 Å². The smallest absolute Gasteiger partial charge is 0.187 e. The van der Waals surface area contributed by atoms with E-state index in [9.17, 15) is 4.79 Å². The van der Waals surface area contributed by atoms with Crippen LogP contribution in [-0.4, -0.2) is 36.9 Å². The first-order valence-electron chi connectivity index (χ1n) is 4.00. The van der Waals surface area contributed by atoms with Gasteiger partial charge in [-0.3, -0.25) is 4.79 Å². The summed E-state index contributed by atoms with van der Waals surface area (Å²) in [5, 5.41) is 1.10. The fourth-order valence-electron chi connectivity index (χ4n) is 0.862. The lowest BCUT2D eigenvalue weighted by Gasteiger charge is -2.13. The van der Waals surface area contributed by atoms with Crippen LogP contribution < -0.4 is 4.90 Å². The summed E-state index contributed by atoms with van der Waals surface area (Å²) >= 11 is 8.86. The van der Waals surface area contributed by atoms with Crippen LogP contribution in [0, 0.1) is 0 Å². The van der Waals surface area contributed by atoms with E-state index in [2.05, 4.69) is 11.2 Å². The zero-order valence-electron chi connectivity index (χ0n) is 7.99. The standard InChI is InChI=1S/C8H11ClN2OS2/c1-11(3-4-13-2)8-10-7(9)6(5-12)14-8/h5H,3-4H2,1-2H3. The van der Waals surface area contributed by atoms with E-state index in [1.807, 2.05) is 11.9 Å². The number of thioether (sulfide) groups is 1. The second-order valence-electron chi connectivity index (χ2n) is 2.68. The summed E-state index contributed by atoms with van der Waals surface area (Å²) in [6.07, 6.45) is 2.80. The van der Waals surface area contributed by atoms with Crippen molar-refractivity contribution in [2.45, 2.75) is 0 Å². The molecule has 1 rings (SSSR count). The van der Waals surface area contributed by atoms with Crippen molar-refractivity contribution in [2.75, 3.05) is 30.5 Å². The lowest BCUT2D eigenvalue weighted by Crippen LogP contribution is -2.19. The van der Waals surface area contributed by atoms with Crippen molar-refractivity contribution in [3.05, 3.63) is 10.0 Å². The Morgan fingerprint density at radius 1 is 1.71 bits per heavy atom. The molecule has 14 heavy (non-hydrogen) atoms. The summed E-state index contributed by atoms with van der Waals surface area (Å²) in [6, 6.07) is 0. The van der Waals surface area contributed by atoms with Crippen molar-refractivity contribution in [3.63, 3.8) is 0 Å². The molecular formula is C8H11ClN2OS2. The zero-order chi connectivity index (χ0) is 10.6. The second kappa shape index (κ2) is 5.58. The van der Waals surface area contributed by atoms with Crippen LogP contribution in [0.15, 0.2) is 0 Å². The van der Waals surface area contributed by atoms with Crippen molar-refractivity contribution >= 4 is 46.1 Å². The molecule has 78 valence electrons. The maximum absolute atomic E-state index is 10.5. The number of thiazole rings is 1. The molecule has 0 aliphatic carbocycles. The van der Waals surface area contributed by atoms with Crippen molar-refractivity contribution in [1.29, 1.82) is 0 Å². The molecule has 0 radical (unpaired) electrons. The van der Waals surface area contributed by atoms with Gasteiger partial charge in [-0.1, -0.05) is 22.9 Å². The number of hydrogen-bond donors (Lipinski definition) is 0. The highest BCUT2D eigenvalue weighted by Crippen LogP contribution is 2.27. The molecule has 0 fully saturated rings. The highest BCUT2D eigenvalue weighted by Gasteiger charge is 2.11. The number of hydrogen-bond acceptors (Lipinski definition) is 5. The fourth-order valence-corrected chi connectivity index (χ4v) is 2.37. The van der Waals surface area contributed by atoms with Crippen LogP contribution in [0.25, 0.3) is 0 Å². The number of nitrogens with zero attached hydrogens (tertiary/aromatic N) is 2. The molecule has 0 atom stereocenters. The maximum atomic E-state index is 10.5. The van der Waals surface area contributed by atoms with Crippen LogP contribution in [0.1, 0.15) is 9.67 Å². The Bertz CT molecular complexity index is 316. The molecule has 0 aliphatic rings. The number of carbonyl (C=O) groups excluding carboxylic acids is 1. The van der Waals surface area contributed by atoms with E-state index in [-0.39, 0.29) is 0 Å². The monoisotopic (exact) mass is 250 g/mol. The van der Waals surface area contributed by atoms with Gasteiger partial charge in [0.15, 0.2) is 16.6 Å². The van der Waals surface area contributed by atoms with E-state index in [0.717, 1.165) is 23.7 Å². The molecule has 0 unspecified atom stereocenters. The van der Waals surface area contributed by atoms with Gasteiger partial charge in [0.2, 0.25) is 0 Å². The van der Waals surface area contributed by atoms with Crippen LogP contribution in [0.2, 0.25) is 5.15 Å². The average molecular weight is 251 g/mol. The first-order chi connectivity index (χ1) is 6.69. The number of carbonyl (C=O) groups is 1. The van der Waals surface area contributed by atoms with Gasteiger partial charge >= 0.3 is 0 Å². The molecule has 0 spiro atoms. The highest BCUT2D eigenvalue weighted by atomic mass is 35.5. The number of rotatable bonds is 5. The molecule has 0 aromatic carbocycles. The minimum absolute atomic E-state index is 0.302. The average Bonchev–Trinajstić information content (AvgIpc) is 2.56.